The minimum atomic E-state index is 0. The van der Waals surface area contributed by atoms with Crippen molar-refractivity contribution in [3.05, 3.63) is 34.9 Å². The SMILES string of the molecule is Cl.O=C(CN1CCNCC1c1cccc(Cl)c1)N1CCOCC1. The van der Waals surface area contributed by atoms with E-state index in [-0.39, 0.29) is 24.4 Å². The number of morpholine rings is 1. The lowest BCUT2D eigenvalue weighted by Crippen LogP contribution is -2.51. The fourth-order valence-corrected chi connectivity index (χ4v) is 3.26. The van der Waals surface area contributed by atoms with Crippen LogP contribution in [0, 0.1) is 0 Å². The molecule has 0 aliphatic carbocycles. The van der Waals surface area contributed by atoms with Crippen LogP contribution in [0.25, 0.3) is 0 Å². The van der Waals surface area contributed by atoms with Gasteiger partial charge in [0, 0.05) is 43.8 Å². The van der Waals surface area contributed by atoms with Crippen molar-refractivity contribution in [2.24, 2.45) is 0 Å². The lowest BCUT2D eigenvalue weighted by molar-refractivity contribution is -0.137. The number of hydrogen-bond donors (Lipinski definition) is 1. The van der Waals surface area contributed by atoms with Gasteiger partial charge in [-0.15, -0.1) is 12.4 Å². The zero-order valence-electron chi connectivity index (χ0n) is 13.0. The summed E-state index contributed by atoms with van der Waals surface area (Å²) in [6.45, 7) is 5.77. The summed E-state index contributed by atoms with van der Waals surface area (Å²) in [5.74, 6) is 0.192. The number of benzene rings is 1. The summed E-state index contributed by atoms with van der Waals surface area (Å²) in [5.41, 5.74) is 1.16. The van der Waals surface area contributed by atoms with Crippen molar-refractivity contribution in [2.45, 2.75) is 6.04 Å². The van der Waals surface area contributed by atoms with Crippen molar-refractivity contribution in [2.75, 3.05) is 52.5 Å². The molecule has 1 aromatic rings. The molecular weight excluding hydrogens is 337 g/mol. The van der Waals surface area contributed by atoms with Gasteiger partial charge in [0.1, 0.15) is 0 Å². The minimum Gasteiger partial charge on any atom is -0.378 e. The lowest BCUT2D eigenvalue weighted by atomic mass is 10.0. The Balaban J connectivity index is 0.00000192. The smallest absolute Gasteiger partial charge is 0.236 e. The number of rotatable bonds is 3. The number of piperazine rings is 1. The zero-order valence-corrected chi connectivity index (χ0v) is 14.6. The molecule has 2 fully saturated rings. The lowest BCUT2D eigenvalue weighted by Gasteiger charge is -2.37. The summed E-state index contributed by atoms with van der Waals surface area (Å²) in [7, 11) is 0. The molecule has 5 nitrogen and oxygen atoms in total. The number of carbonyl (C=O) groups is 1. The summed E-state index contributed by atoms with van der Waals surface area (Å²) in [4.78, 5) is 16.6. The molecule has 0 radical (unpaired) electrons. The highest BCUT2D eigenvalue weighted by Crippen LogP contribution is 2.24. The molecule has 3 rings (SSSR count). The van der Waals surface area contributed by atoms with Crippen LogP contribution in [0.3, 0.4) is 0 Å². The van der Waals surface area contributed by atoms with Gasteiger partial charge in [-0.25, -0.2) is 0 Å². The largest absolute Gasteiger partial charge is 0.378 e. The average Bonchev–Trinajstić information content (AvgIpc) is 2.56. The van der Waals surface area contributed by atoms with Gasteiger partial charge in [-0.1, -0.05) is 23.7 Å². The maximum atomic E-state index is 12.5. The summed E-state index contributed by atoms with van der Waals surface area (Å²) < 4.78 is 5.31. The number of nitrogens with one attached hydrogen (secondary N) is 1. The first-order valence-corrected chi connectivity index (χ1v) is 8.17. The van der Waals surface area contributed by atoms with Gasteiger partial charge in [0.15, 0.2) is 0 Å². The first-order chi connectivity index (χ1) is 10.7. The Bertz CT molecular complexity index is 524. The van der Waals surface area contributed by atoms with Gasteiger partial charge in [0.25, 0.3) is 0 Å². The van der Waals surface area contributed by atoms with Gasteiger partial charge in [0.05, 0.1) is 19.8 Å². The molecule has 2 heterocycles. The van der Waals surface area contributed by atoms with E-state index in [0.29, 0.717) is 32.8 Å². The molecule has 0 saturated carbocycles. The first kappa shape index (κ1) is 18.5. The van der Waals surface area contributed by atoms with Crippen LogP contribution >= 0.6 is 24.0 Å². The van der Waals surface area contributed by atoms with Crippen LogP contribution in [0.2, 0.25) is 5.02 Å². The third-order valence-electron chi connectivity index (χ3n) is 4.29. The maximum Gasteiger partial charge on any atom is 0.236 e. The van der Waals surface area contributed by atoms with Crippen molar-refractivity contribution < 1.29 is 9.53 Å². The van der Waals surface area contributed by atoms with Gasteiger partial charge in [-0.2, -0.15) is 0 Å². The average molecular weight is 360 g/mol. The van der Waals surface area contributed by atoms with E-state index in [1.165, 1.54) is 0 Å². The molecule has 7 heteroatoms. The van der Waals surface area contributed by atoms with E-state index in [2.05, 4.69) is 16.3 Å². The Kier molecular flexibility index (Phi) is 7.11. The van der Waals surface area contributed by atoms with Gasteiger partial charge < -0.3 is 15.0 Å². The molecule has 128 valence electrons. The fourth-order valence-electron chi connectivity index (χ4n) is 3.06. The number of halogens is 2. The van der Waals surface area contributed by atoms with Crippen LogP contribution in [-0.4, -0.2) is 68.2 Å². The predicted molar refractivity (Wildman–Crippen MR) is 93.3 cm³/mol. The number of ether oxygens (including phenoxy) is 1. The molecule has 0 aromatic heterocycles. The van der Waals surface area contributed by atoms with E-state index < -0.39 is 0 Å². The van der Waals surface area contributed by atoms with Crippen LogP contribution in [0.15, 0.2) is 24.3 Å². The van der Waals surface area contributed by atoms with Gasteiger partial charge in [-0.3, -0.25) is 9.69 Å². The fraction of sp³-hybridized carbons (Fsp3) is 0.562. The van der Waals surface area contributed by atoms with E-state index >= 15 is 0 Å². The molecule has 0 spiro atoms. The van der Waals surface area contributed by atoms with E-state index in [9.17, 15) is 4.79 Å². The summed E-state index contributed by atoms with van der Waals surface area (Å²) in [6.07, 6.45) is 0. The zero-order chi connectivity index (χ0) is 15.4. The van der Waals surface area contributed by atoms with Gasteiger partial charge in [0.2, 0.25) is 5.91 Å². The van der Waals surface area contributed by atoms with Gasteiger partial charge >= 0.3 is 0 Å². The van der Waals surface area contributed by atoms with E-state index in [4.69, 9.17) is 16.3 Å². The number of hydrogen-bond acceptors (Lipinski definition) is 4. The molecular formula is C16H23Cl2N3O2. The first-order valence-electron chi connectivity index (χ1n) is 7.80. The molecule has 2 saturated heterocycles. The number of carbonyl (C=O) groups excluding carboxylic acids is 1. The van der Waals surface area contributed by atoms with Crippen LogP contribution in [0.1, 0.15) is 11.6 Å². The molecule has 1 atom stereocenters. The second kappa shape index (κ2) is 8.85. The third kappa shape index (κ3) is 4.81. The Hall–Kier alpha value is -0.850. The van der Waals surface area contributed by atoms with Crippen molar-refractivity contribution in [3.63, 3.8) is 0 Å². The maximum absolute atomic E-state index is 12.5. The second-order valence-electron chi connectivity index (χ2n) is 5.74. The summed E-state index contributed by atoms with van der Waals surface area (Å²) in [5, 5.41) is 4.14. The standard InChI is InChI=1S/C16H22ClN3O2.ClH/c17-14-3-1-2-13(10-14)15-11-18-4-5-20(15)12-16(21)19-6-8-22-9-7-19;/h1-3,10,15,18H,4-9,11-12H2;1H. The Labute approximate surface area is 148 Å². The third-order valence-corrected chi connectivity index (χ3v) is 4.52. The van der Waals surface area contributed by atoms with Gasteiger partial charge in [-0.05, 0) is 17.7 Å². The van der Waals surface area contributed by atoms with Crippen LogP contribution < -0.4 is 5.32 Å². The normalized spacial score (nSPS) is 22.5. The Morgan fingerprint density at radius 3 is 2.83 bits per heavy atom. The molecule has 23 heavy (non-hydrogen) atoms. The highest BCUT2D eigenvalue weighted by Gasteiger charge is 2.27. The molecule has 1 amide bonds. The second-order valence-corrected chi connectivity index (χ2v) is 6.17. The van der Waals surface area contributed by atoms with E-state index in [0.717, 1.165) is 30.2 Å². The molecule has 2 aliphatic rings. The highest BCUT2D eigenvalue weighted by atomic mass is 35.5. The minimum absolute atomic E-state index is 0. The molecule has 1 unspecified atom stereocenters. The van der Waals surface area contributed by atoms with Crippen LogP contribution in [0.4, 0.5) is 0 Å². The topological polar surface area (TPSA) is 44.8 Å². The van der Waals surface area contributed by atoms with Crippen LogP contribution in [0.5, 0.6) is 0 Å². The van der Waals surface area contributed by atoms with Crippen molar-refractivity contribution >= 4 is 29.9 Å². The number of amides is 1. The van der Waals surface area contributed by atoms with Crippen molar-refractivity contribution in [1.82, 2.24) is 15.1 Å². The molecule has 1 N–H and O–H groups in total. The summed E-state index contributed by atoms with van der Waals surface area (Å²) in [6, 6.07) is 8.11. The Morgan fingerprint density at radius 2 is 2.09 bits per heavy atom. The highest BCUT2D eigenvalue weighted by molar-refractivity contribution is 6.30. The van der Waals surface area contributed by atoms with Crippen molar-refractivity contribution in [3.8, 4) is 0 Å². The van der Waals surface area contributed by atoms with Crippen LogP contribution in [-0.2, 0) is 9.53 Å². The quantitative estimate of drug-likeness (QED) is 0.889. The monoisotopic (exact) mass is 359 g/mol. The summed E-state index contributed by atoms with van der Waals surface area (Å²) >= 11 is 6.11. The molecule has 2 aliphatic heterocycles. The van der Waals surface area contributed by atoms with Crippen molar-refractivity contribution in [1.29, 1.82) is 0 Å². The Morgan fingerprint density at radius 1 is 1.30 bits per heavy atom. The molecule has 0 bridgehead atoms. The molecule has 1 aromatic carbocycles. The predicted octanol–water partition coefficient (Wildman–Crippen LogP) is 1.57. The number of nitrogens with zero attached hydrogens (tertiary/aromatic N) is 2. The van der Waals surface area contributed by atoms with E-state index in [1.807, 2.05) is 23.1 Å². The van der Waals surface area contributed by atoms with E-state index in [1.54, 1.807) is 0 Å².